The molecule has 0 amide bonds. The topological polar surface area (TPSA) is 24.9 Å². The molecule has 2 rings (SSSR count). The SMILES string of the molecule is CNC(c1ncccc1Cl)c1c(C)cc(C)cc1F. The van der Waals surface area contributed by atoms with Gasteiger partial charge in [0.25, 0.3) is 0 Å². The van der Waals surface area contributed by atoms with Crippen LogP contribution in [0.5, 0.6) is 0 Å². The fraction of sp³-hybridized carbons (Fsp3) is 0.267. The summed E-state index contributed by atoms with van der Waals surface area (Å²) in [6.45, 7) is 3.77. The van der Waals surface area contributed by atoms with Gasteiger partial charge in [-0.3, -0.25) is 4.98 Å². The number of aryl methyl sites for hydroxylation is 2. The molecule has 1 heterocycles. The average molecular weight is 279 g/mol. The van der Waals surface area contributed by atoms with Crippen LogP contribution in [0, 0.1) is 19.7 Å². The van der Waals surface area contributed by atoms with Crippen molar-refractivity contribution >= 4 is 11.6 Å². The summed E-state index contributed by atoms with van der Waals surface area (Å²) in [5.74, 6) is -0.237. The molecule has 0 fully saturated rings. The summed E-state index contributed by atoms with van der Waals surface area (Å²) in [6.07, 6.45) is 1.66. The van der Waals surface area contributed by atoms with Crippen LogP contribution in [0.25, 0.3) is 0 Å². The minimum Gasteiger partial charge on any atom is -0.308 e. The van der Waals surface area contributed by atoms with Crippen molar-refractivity contribution in [2.24, 2.45) is 0 Å². The Morgan fingerprint density at radius 1 is 1.32 bits per heavy atom. The van der Waals surface area contributed by atoms with Crippen LogP contribution in [0.2, 0.25) is 5.02 Å². The highest BCUT2D eigenvalue weighted by molar-refractivity contribution is 6.31. The van der Waals surface area contributed by atoms with Crippen LogP contribution in [0.4, 0.5) is 4.39 Å². The number of benzene rings is 1. The maximum atomic E-state index is 14.3. The number of nitrogens with zero attached hydrogens (tertiary/aromatic N) is 1. The molecule has 0 bridgehead atoms. The van der Waals surface area contributed by atoms with E-state index in [-0.39, 0.29) is 11.9 Å². The lowest BCUT2D eigenvalue weighted by Crippen LogP contribution is -2.21. The Morgan fingerprint density at radius 3 is 2.63 bits per heavy atom. The third-order valence-electron chi connectivity index (χ3n) is 3.12. The van der Waals surface area contributed by atoms with E-state index in [4.69, 9.17) is 11.6 Å². The van der Waals surface area contributed by atoms with Crippen LogP contribution in [0.15, 0.2) is 30.5 Å². The van der Waals surface area contributed by atoms with Crippen molar-refractivity contribution in [3.63, 3.8) is 0 Å². The van der Waals surface area contributed by atoms with Gasteiger partial charge in [-0.05, 0) is 50.2 Å². The summed E-state index contributed by atoms with van der Waals surface area (Å²) in [4.78, 5) is 4.27. The summed E-state index contributed by atoms with van der Waals surface area (Å²) < 4.78 is 14.3. The minimum atomic E-state index is -0.353. The number of hydrogen-bond donors (Lipinski definition) is 1. The van der Waals surface area contributed by atoms with Gasteiger partial charge < -0.3 is 5.32 Å². The van der Waals surface area contributed by atoms with Crippen molar-refractivity contribution in [3.05, 3.63) is 63.7 Å². The van der Waals surface area contributed by atoms with Crippen molar-refractivity contribution < 1.29 is 4.39 Å². The number of halogens is 2. The first-order chi connectivity index (χ1) is 9.04. The van der Waals surface area contributed by atoms with Crippen molar-refractivity contribution in [2.75, 3.05) is 7.05 Å². The highest BCUT2D eigenvalue weighted by Gasteiger charge is 2.22. The Balaban J connectivity index is 2.58. The summed E-state index contributed by atoms with van der Waals surface area (Å²) >= 11 is 6.16. The molecule has 1 unspecified atom stereocenters. The normalized spacial score (nSPS) is 12.5. The van der Waals surface area contributed by atoms with Crippen molar-refractivity contribution in [1.82, 2.24) is 10.3 Å². The van der Waals surface area contributed by atoms with E-state index in [1.54, 1.807) is 25.4 Å². The molecule has 1 atom stereocenters. The number of aromatic nitrogens is 1. The molecular weight excluding hydrogens is 263 g/mol. The molecule has 2 aromatic rings. The molecule has 0 aliphatic heterocycles. The van der Waals surface area contributed by atoms with Crippen LogP contribution < -0.4 is 5.32 Å². The largest absolute Gasteiger partial charge is 0.308 e. The van der Waals surface area contributed by atoms with Crippen LogP contribution in [-0.2, 0) is 0 Å². The van der Waals surface area contributed by atoms with E-state index < -0.39 is 0 Å². The molecule has 0 saturated carbocycles. The first kappa shape index (κ1) is 14.0. The molecule has 0 aliphatic carbocycles. The first-order valence-corrected chi connectivity index (χ1v) is 6.46. The maximum absolute atomic E-state index is 14.3. The zero-order valence-electron chi connectivity index (χ0n) is 11.2. The Hall–Kier alpha value is -1.45. The fourth-order valence-electron chi connectivity index (χ4n) is 2.32. The van der Waals surface area contributed by atoms with Crippen LogP contribution in [-0.4, -0.2) is 12.0 Å². The standard InChI is InChI=1S/C15H16ClFN2/c1-9-7-10(2)13(12(17)8-9)15(18-3)14-11(16)5-4-6-19-14/h4-8,15,18H,1-3H3. The van der Waals surface area contributed by atoms with Gasteiger partial charge in [0.1, 0.15) is 5.82 Å². The average Bonchev–Trinajstić information content (AvgIpc) is 2.34. The second-order valence-corrected chi connectivity index (χ2v) is 4.98. The van der Waals surface area contributed by atoms with Gasteiger partial charge in [0, 0.05) is 11.8 Å². The molecule has 0 spiro atoms. The van der Waals surface area contributed by atoms with Gasteiger partial charge >= 0.3 is 0 Å². The van der Waals surface area contributed by atoms with Gasteiger partial charge in [0.05, 0.1) is 16.8 Å². The van der Waals surface area contributed by atoms with Crippen LogP contribution in [0.1, 0.15) is 28.4 Å². The molecule has 1 aromatic carbocycles. The Bertz CT molecular complexity index is 575. The van der Waals surface area contributed by atoms with E-state index in [2.05, 4.69) is 10.3 Å². The quantitative estimate of drug-likeness (QED) is 0.924. The van der Waals surface area contributed by atoms with Crippen molar-refractivity contribution in [2.45, 2.75) is 19.9 Å². The van der Waals surface area contributed by atoms with E-state index in [1.807, 2.05) is 19.9 Å². The predicted octanol–water partition coefficient (Wildman–Crippen LogP) is 3.80. The zero-order chi connectivity index (χ0) is 14.0. The number of hydrogen-bond acceptors (Lipinski definition) is 2. The monoisotopic (exact) mass is 278 g/mol. The summed E-state index contributed by atoms with van der Waals surface area (Å²) in [5, 5.41) is 3.62. The number of pyridine rings is 1. The molecule has 0 radical (unpaired) electrons. The van der Waals surface area contributed by atoms with Gasteiger partial charge in [-0.1, -0.05) is 17.7 Å². The molecule has 4 heteroatoms. The lowest BCUT2D eigenvalue weighted by Gasteiger charge is -2.20. The predicted molar refractivity (Wildman–Crippen MR) is 76.0 cm³/mol. The second-order valence-electron chi connectivity index (χ2n) is 4.57. The summed E-state index contributed by atoms with van der Waals surface area (Å²) in [7, 11) is 1.77. The van der Waals surface area contributed by atoms with Crippen LogP contribution in [0.3, 0.4) is 0 Å². The van der Waals surface area contributed by atoms with Gasteiger partial charge in [-0.15, -0.1) is 0 Å². The minimum absolute atomic E-state index is 0.237. The molecular formula is C15H16ClFN2. The molecule has 100 valence electrons. The first-order valence-electron chi connectivity index (χ1n) is 6.09. The smallest absolute Gasteiger partial charge is 0.128 e. The van der Waals surface area contributed by atoms with Gasteiger partial charge in [-0.2, -0.15) is 0 Å². The van der Waals surface area contributed by atoms with Crippen molar-refractivity contribution in [3.8, 4) is 0 Å². The Kier molecular flexibility index (Phi) is 4.17. The van der Waals surface area contributed by atoms with Gasteiger partial charge in [-0.25, -0.2) is 4.39 Å². The lowest BCUT2D eigenvalue weighted by atomic mass is 9.96. The van der Waals surface area contributed by atoms with Gasteiger partial charge in [0.15, 0.2) is 0 Å². The lowest BCUT2D eigenvalue weighted by molar-refractivity contribution is 0.566. The molecule has 19 heavy (non-hydrogen) atoms. The van der Waals surface area contributed by atoms with E-state index in [0.29, 0.717) is 16.3 Å². The molecule has 0 saturated heterocycles. The van der Waals surface area contributed by atoms with Crippen molar-refractivity contribution in [1.29, 1.82) is 0 Å². The Morgan fingerprint density at radius 2 is 2.05 bits per heavy atom. The third-order valence-corrected chi connectivity index (χ3v) is 3.44. The van der Waals surface area contributed by atoms with E-state index in [0.717, 1.165) is 11.1 Å². The molecule has 1 aromatic heterocycles. The van der Waals surface area contributed by atoms with E-state index in [1.165, 1.54) is 6.07 Å². The Labute approximate surface area is 117 Å². The third kappa shape index (κ3) is 2.77. The van der Waals surface area contributed by atoms with Gasteiger partial charge in [0.2, 0.25) is 0 Å². The fourth-order valence-corrected chi connectivity index (χ4v) is 2.55. The summed E-state index contributed by atoms with van der Waals surface area (Å²) in [5.41, 5.74) is 3.02. The van der Waals surface area contributed by atoms with E-state index in [9.17, 15) is 4.39 Å². The summed E-state index contributed by atoms with van der Waals surface area (Å²) in [6, 6.07) is 6.66. The highest BCUT2D eigenvalue weighted by Crippen LogP contribution is 2.30. The second kappa shape index (κ2) is 5.68. The van der Waals surface area contributed by atoms with E-state index >= 15 is 0 Å². The maximum Gasteiger partial charge on any atom is 0.128 e. The van der Waals surface area contributed by atoms with Crippen LogP contribution >= 0.6 is 11.6 Å². The zero-order valence-corrected chi connectivity index (χ0v) is 11.9. The highest BCUT2D eigenvalue weighted by atomic mass is 35.5. The molecule has 2 nitrogen and oxygen atoms in total. The molecule has 1 N–H and O–H groups in total. The number of rotatable bonds is 3. The molecule has 0 aliphatic rings. The number of nitrogens with one attached hydrogen (secondary N) is 1.